The van der Waals surface area contributed by atoms with Crippen molar-refractivity contribution in [3.63, 3.8) is 0 Å². The molecule has 0 rings (SSSR count). The van der Waals surface area contributed by atoms with Gasteiger partial charge in [0.25, 0.3) is 0 Å². The molecule has 0 aliphatic heterocycles. The van der Waals surface area contributed by atoms with E-state index < -0.39 is 97.5 Å². The molecular weight excluding hydrogens is 1220 g/mol. The molecule has 0 aromatic carbocycles. The molecule has 0 bridgehead atoms. The van der Waals surface area contributed by atoms with Crippen LogP contribution in [0.2, 0.25) is 0 Å². The molecule has 0 saturated carbocycles. The number of aliphatic hydroxyl groups excluding tert-OH is 1. The van der Waals surface area contributed by atoms with Crippen LogP contribution in [0.3, 0.4) is 0 Å². The number of carbonyl (C=O) groups excluding carboxylic acids is 4. The Hall–Kier alpha value is -1.94. The van der Waals surface area contributed by atoms with Crippen molar-refractivity contribution in [3.05, 3.63) is 0 Å². The number of hydrogen-bond donors (Lipinski definition) is 3. The first-order chi connectivity index (χ1) is 44.7. The molecule has 0 heterocycles. The molecule has 0 saturated heterocycles. The van der Waals surface area contributed by atoms with Crippen molar-refractivity contribution in [3.8, 4) is 0 Å². The SMILES string of the molecule is CCC(C)CCCCCCCCCCCCCCCCC(=O)O[C@H](COC(=O)CCCCCCCCC(C)CC)COP(=O)(O)OC[C@H](O)COP(=O)(O)OC[C@@H](COC(=O)CCCCCCCCCCCCC(C)C)OC(=O)CCCCCCCCCCC(C)CC. The van der Waals surface area contributed by atoms with E-state index in [4.69, 9.17) is 37.0 Å². The summed E-state index contributed by atoms with van der Waals surface area (Å²) in [7, 11) is -9.91. The summed E-state index contributed by atoms with van der Waals surface area (Å²) in [5, 5.41) is 10.6. The summed E-state index contributed by atoms with van der Waals surface area (Å²) in [5.74, 6) is 0.979. The fourth-order valence-electron chi connectivity index (χ4n) is 11.1. The summed E-state index contributed by atoms with van der Waals surface area (Å²) in [6, 6.07) is 0. The van der Waals surface area contributed by atoms with Gasteiger partial charge in [-0.15, -0.1) is 0 Å². The molecule has 3 N–H and O–H groups in total. The van der Waals surface area contributed by atoms with Gasteiger partial charge >= 0.3 is 39.5 Å². The van der Waals surface area contributed by atoms with Crippen LogP contribution in [0, 0.1) is 23.7 Å². The molecule has 0 aliphatic rings. The molecule has 19 heteroatoms. The highest BCUT2D eigenvalue weighted by molar-refractivity contribution is 7.47. The Bertz CT molecular complexity index is 1840. The fourth-order valence-corrected chi connectivity index (χ4v) is 12.7. The molecule has 5 unspecified atom stereocenters. The van der Waals surface area contributed by atoms with Gasteiger partial charge in [-0.2, -0.15) is 0 Å². The zero-order chi connectivity index (χ0) is 68.9. The van der Waals surface area contributed by atoms with Crippen molar-refractivity contribution in [1.29, 1.82) is 0 Å². The molecule has 0 amide bonds. The lowest BCUT2D eigenvalue weighted by Gasteiger charge is -2.21. The van der Waals surface area contributed by atoms with Crippen LogP contribution >= 0.6 is 15.6 Å². The van der Waals surface area contributed by atoms with E-state index in [0.717, 1.165) is 120 Å². The minimum atomic E-state index is -4.96. The molecule has 0 aliphatic carbocycles. The van der Waals surface area contributed by atoms with Crippen molar-refractivity contribution < 1.29 is 80.2 Å². The monoisotopic (exact) mass is 1370 g/mol. The van der Waals surface area contributed by atoms with Gasteiger partial charge in [0.2, 0.25) is 0 Å². The molecule has 17 nitrogen and oxygen atoms in total. The molecule has 552 valence electrons. The minimum absolute atomic E-state index is 0.104. The van der Waals surface area contributed by atoms with Gasteiger partial charge in [-0.25, -0.2) is 9.13 Å². The van der Waals surface area contributed by atoms with Gasteiger partial charge in [-0.05, 0) is 49.4 Å². The van der Waals surface area contributed by atoms with Gasteiger partial charge in [0.05, 0.1) is 26.4 Å². The lowest BCUT2D eigenvalue weighted by atomic mass is 9.99. The number of unbranched alkanes of at least 4 members (excludes halogenated alkanes) is 34. The Morgan fingerprint density at radius 2 is 0.516 bits per heavy atom. The first-order valence-corrected chi connectivity index (χ1v) is 41.3. The van der Waals surface area contributed by atoms with Crippen LogP contribution in [0.25, 0.3) is 0 Å². The highest BCUT2D eigenvalue weighted by atomic mass is 31.2. The van der Waals surface area contributed by atoms with E-state index >= 15 is 0 Å². The number of phosphoric acid groups is 2. The number of rotatable bonds is 71. The zero-order valence-electron chi connectivity index (χ0n) is 60.9. The van der Waals surface area contributed by atoms with Crippen LogP contribution in [0.4, 0.5) is 0 Å². The van der Waals surface area contributed by atoms with Crippen LogP contribution in [0.5, 0.6) is 0 Å². The van der Waals surface area contributed by atoms with E-state index in [1.54, 1.807) is 0 Å². The second-order valence-corrected chi connectivity index (χ2v) is 30.8. The quantitative estimate of drug-likeness (QED) is 0.0222. The number of ether oxygens (including phenoxy) is 4. The predicted octanol–water partition coefficient (Wildman–Crippen LogP) is 21.3. The number of esters is 4. The second-order valence-electron chi connectivity index (χ2n) is 27.9. The zero-order valence-corrected chi connectivity index (χ0v) is 62.7. The van der Waals surface area contributed by atoms with Gasteiger partial charge in [0.1, 0.15) is 19.3 Å². The van der Waals surface area contributed by atoms with Crippen molar-refractivity contribution in [2.75, 3.05) is 39.6 Å². The van der Waals surface area contributed by atoms with E-state index in [2.05, 4.69) is 55.4 Å². The second kappa shape index (κ2) is 63.5. The number of hydrogen-bond acceptors (Lipinski definition) is 15. The Morgan fingerprint density at radius 1 is 0.301 bits per heavy atom. The predicted molar refractivity (Wildman–Crippen MR) is 377 cm³/mol. The van der Waals surface area contributed by atoms with Gasteiger partial charge in [0.15, 0.2) is 12.2 Å². The number of aliphatic hydroxyl groups is 1. The average Bonchev–Trinajstić information content (AvgIpc) is 1.93. The largest absolute Gasteiger partial charge is 0.472 e. The molecule has 93 heavy (non-hydrogen) atoms. The smallest absolute Gasteiger partial charge is 0.462 e. The van der Waals surface area contributed by atoms with Crippen LogP contribution in [-0.2, 0) is 65.4 Å². The summed E-state index contributed by atoms with van der Waals surface area (Å²) < 4.78 is 68.4. The lowest BCUT2D eigenvalue weighted by Crippen LogP contribution is -2.30. The van der Waals surface area contributed by atoms with Crippen molar-refractivity contribution in [1.82, 2.24) is 0 Å². The van der Waals surface area contributed by atoms with Crippen LogP contribution in [0.1, 0.15) is 370 Å². The highest BCUT2D eigenvalue weighted by Crippen LogP contribution is 2.45. The average molecular weight is 1370 g/mol. The van der Waals surface area contributed by atoms with Gasteiger partial charge in [-0.3, -0.25) is 37.3 Å². The topological polar surface area (TPSA) is 237 Å². The molecule has 8 atom stereocenters. The van der Waals surface area contributed by atoms with Crippen molar-refractivity contribution in [2.24, 2.45) is 23.7 Å². The van der Waals surface area contributed by atoms with Crippen LogP contribution in [0.15, 0.2) is 0 Å². The minimum Gasteiger partial charge on any atom is -0.462 e. The van der Waals surface area contributed by atoms with Gasteiger partial charge < -0.3 is 33.8 Å². The van der Waals surface area contributed by atoms with E-state index in [0.29, 0.717) is 25.7 Å². The third-order valence-corrected chi connectivity index (χ3v) is 20.1. The van der Waals surface area contributed by atoms with Crippen molar-refractivity contribution >= 4 is 39.5 Å². The van der Waals surface area contributed by atoms with Crippen LogP contribution < -0.4 is 0 Å². The molecule has 0 spiro atoms. The molecular formula is C74H144O17P2. The maximum Gasteiger partial charge on any atom is 0.472 e. The first-order valence-electron chi connectivity index (χ1n) is 38.3. The maximum atomic E-state index is 13.1. The highest BCUT2D eigenvalue weighted by Gasteiger charge is 2.30. The van der Waals surface area contributed by atoms with E-state index in [9.17, 15) is 43.2 Å². The Labute approximate surface area is 568 Å². The van der Waals surface area contributed by atoms with Gasteiger partial charge in [0, 0.05) is 25.7 Å². The fraction of sp³-hybridized carbons (Fsp3) is 0.946. The third-order valence-electron chi connectivity index (χ3n) is 18.2. The summed E-state index contributed by atoms with van der Waals surface area (Å²) >= 11 is 0. The third kappa shape index (κ3) is 64.5. The molecule has 0 fully saturated rings. The summed E-state index contributed by atoms with van der Waals surface area (Å²) in [6.45, 7) is 14.2. The summed E-state index contributed by atoms with van der Waals surface area (Å²) in [4.78, 5) is 72.7. The Balaban J connectivity index is 5.24. The van der Waals surface area contributed by atoms with E-state index in [-0.39, 0.29) is 25.7 Å². The first kappa shape index (κ1) is 91.1. The molecule has 0 aromatic heterocycles. The maximum absolute atomic E-state index is 13.1. The number of carbonyl (C=O) groups is 4. The molecule has 0 aromatic rings. The number of phosphoric ester groups is 2. The van der Waals surface area contributed by atoms with E-state index in [1.165, 1.54) is 167 Å². The molecule has 0 radical (unpaired) electrons. The summed E-state index contributed by atoms with van der Waals surface area (Å²) in [6.07, 6.45) is 47.1. The lowest BCUT2D eigenvalue weighted by molar-refractivity contribution is -0.161. The standard InChI is InChI=1S/C74H144O17P2/c1-9-65(6)51-43-35-27-21-16-14-12-13-15-17-23-30-40-48-56-73(78)90-70(61-85-72(77)55-47-39-33-32-37-45-53-67(8)11-3)63-89-93(82,83)87-59-68(75)58-86-92(80,81)88-62-69(91-74(79)57-49-41-31-25-24-28-36-44-52-66(7)10-2)60-84-71(76)54-46-38-29-22-19-18-20-26-34-42-50-64(4)5/h64-70,75H,9-63H2,1-8H3,(H,80,81)(H,82,83)/t65?,66?,67?,68-,69-,70-/m1/s1. The van der Waals surface area contributed by atoms with Crippen LogP contribution in [-0.4, -0.2) is 96.7 Å². The summed E-state index contributed by atoms with van der Waals surface area (Å²) in [5.41, 5.74) is 0. The Morgan fingerprint density at radius 3 is 0.763 bits per heavy atom. The normalized spacial score (nSPS) is 15.1. The van der Waals surface area contributed by atoms with Gasteiger partial charge in [-0.1, -0.05) is 319 Å². The van der Waals surface area contributed by atoms with E-state index in [1.807, 2.05) is 0 Å². The van der Waals surface area contributed by atoms with Crippen molar-refractivity contribution in [2.45, 2.75) is 388 Å². The Kier molecular flexibility index (Phi) is 62.2.